The lowest BCUT2D eigenvalue weighted by Crippen LogP contribution is -2.59. The van der Waals surface area contributed by atoms with Crippen LogP contribution in [0.2, 0.25) is 0 Å². The van der Waals surface area contributed by atoms with E-state index in [1.54, 1.807) is 17.0 Å². The highest BCUT2D eigenvalue weighted by molar-refractivity contribution is 5.96. The summed E-state index contributed by atoms with van der Waals surface area (Å²) in [7, 11) is 0. The number of rotatable bonds is 4. The van der Waals surface area contributed by atoms with Crippen molar-refractivity contribution < 1.29 is 14.3 Å². The van der Waals surface area contributed by atoms with E-state index < -0.39 is 5.41 Å². The van der Waals surface area contributed by atoms with E-state index in [-0.39, 0.29) is 23.1 Å². The summed E-state index contributed by atoms with van der Waals surface area (Å²) < 4.78 is 5.83. The predicted octanol–water partition coefficient (Wildman–Crippen LogP) is 3.45. The Kier molecular flexibility index (Phi) is 3.98. The third-order valence-electron chi connectivity index (χ3n) is 6.10. The van der Waals surface area contributed by atoms with Gasteiger partial charge in [0, 0.05) is 18.7 Å². The molecule has 1 heterocycles. The van der Waals surface area contributed by atoms with Crippen molar-refractivity contribution in [2.24, 2.45) is 22.5 Å². The third kappa shape index (κ3) is 2.87. The van der Waals surface area contributed by atoms with Crippen LogP contribution in [0.4, 0.5) is 0 Å². The maximum Gasteiger partial charge on any atom is 0.254 e. The second-order valence-electron chi connectivity index (χ2n) is 8.37. The number of hydrogen-bond donors (Lipinski definition) is 1. The van der Waals surface area contributed by atoms with Gasteiger partial charge in [0.25, 0.3) is 5.91 Å². The molecule has 2 fully saturated rings. The van der Waals surface area contributed by atoms with E-state index in [1.165, 1.54) is 0 Å². The number of benzene rings is 2. The smallest absolute Gasteiger partial charge is 0.254 e. The van der Waals surface area contributed by atoms with Crippen LogP contribution in [0.3, 0.4) is 0 Å². The molecule has 2 aromatic carbocycles. The first kappa shape index (κ1) is 17.6. The van der Waals surface area contributed by atoms with Crippen molar-refractivity contribution in [3.63, 3.8) is 0 Å². The molecule has 0 unspecified atom stereocenters. The lowest BCUT2D eigenvalue weighted by atomic mass is 9.48. The van der Waals surface area contributed by atoms with E-state index in [1.807, 2.05) is 42.5 Å². The van der Waals surface area contributed by atoms with Crippen molar-refractivity contribution in [2.45, 2.75) is 20.3 Å². The molecule has 0 spiro atoms. The highest BCUT2D eigenvalue weighted by atomic mass is 16.5. The van der Waals surface area contributed by atoms with E-state index in [9.17, 15) is 9.59 Å². The Hall–Kier alpha value is -2.82. The topological polar surface area (TPSA) is 72.6 Å². The van der Waals surface area contributed by atoms with E-state index in [0.717, 1.165) is 12.2 Å². The number of para-hydroxylation sites is 1. The van der Waals surface area contributed by atoms with Crippen LogP contribution in [0, 0.1) is 16.7 Å². The molecule has 140 valence electrons. The highest BCUT2D eigenvalue weighted by Gasteiger charge is 2.66. The van der Waals surface area contributed by atoms with Gasteiger partial charge in [-0.2, -0.15) is 0 Å². The van der Waals surface area contributed by atoms with Gasteiger partial charge in [0.15, 0.2) is 0 Å². The fourth-order valence-corrected chi connectivity index (χ4v) is 4.88. The average Bonchev–Trinajstić information content (AvgIpc) is 2.98. The Morgan fingerprint density at radius 2 is 1.78 bits per heavy atom. The Morgan fingerprint density at radius 1 is 1.07 bits per heavy atom. The Labute approximate surface area is 159 Å². The molecule has 1 saturated heterocycles. The van der Waals surface area contributed by atoms with E-state index in [0.29, 0.717) is 24.4 Å². The number of fused-ring (bicyclic) bond motifs is 1. The molecule has 0 radical (unpaired) electrons. The third-order valence-corrected chi connectivity index (χ3v) is 6.10. The first-order valence-electron chi connectivity index (χ1n) is 9.24. The minimum Gasteiger partial charge on any atom is -0.457 e. The molecule has 2 aliphatic rings. The summed E-state index contributed by atoms with van der Waals surface area (Å²) >= 11 is 0. The van der Waals surface area contributed by atoms with Gasteiger partial charge in [-0.3, -0.25) is 9.59 Å². The van der Waals surface area contributed by atoms with Crippen molar-refractivity contribution in [3.05, 3.63) is 60.2 Å². The predicted molar refractivity (Wildman–Crippen MR) is 102 cm³/mol. The first-order valence-corrected chi connectivity index (χ1v) is 9.24. The van der Waals surface area contributed by atoms with Crippen molar-refractivity contribution in [1.29, 1.82) is 0 Å². The maximum absolute atomic E-state index is 13.1. The van der Waals surface area contributed by atoms with E-state index in [2.05, 4.69) is 13.8 Å². The summed E-state index contributed by atoms with van der Waals surface area (Å²) in [6.07, 6.45) is 0.737. The summed E-state index contributed by atoms with van der Waals surface area (Å²) in [5, 5.41) is 0. The summed E-state index contributed by atoms with van der Waals surface area (Å²) in [6.45, 7) is 5.25. The number of ether oxygens (including phenoxy) is 1. The molecular formula is C22H24N2O3. The first-order chi connectivity index (χ1) is 12.8. The zero-order valence-electron chi connectivity index (χ0n) is 15.6. The number of carbonyl (C=O) groups excluding carboxylic acids is 2. The van der Waals surface area contributed by atoms with Gasteiger partial charge in [-0.25, -0.2) is 0 Å². The van der Waals surface area contributed by atoms with Gasteiger partial charge in [0.1, 0.15) is 11.5 Å². The molecule has 2 N–H and O–H groups in total. The summed E-state index contributed by atoms with van der Waals surface area (Å²) in [4.78, 5) is 26.9. The van der Waals surface area contributed by atoms with Crippen LogP contribution in [0.5, 0.6) is 11.5 Å². The highest BCUT2D eigenvalue weighted by Crippen LogP contribution is 2.62. The average molecular weight is 364 g/mol. The van der Waals surface area contributed by atoms with Crippen molar-refractivity contribution in [2.75, 3.05) is 13.1 Å². The van der Waals surface area contributed by atoms with Crippen LogP contribution < -0.4 is 10.5 Å². The van der Waals surface area contributed by atoms with Gasteiger partial charge < -0.3 is 15.4 Å². The Balaban J connectivity index is 1.54. The number of carbonyl (C=O) groups is 2. The standard InChI is InChI=1S/C22H24N2O3/c1-21(2)13-22(20(23)26)14-24(12-18(21)22)19(25)15-7-6-10-17(11-15)27-16-8-4-3-5-9-16/h3-11,18H,12-14H2,1-2H3,(H2,23,26)/t18-,22+/m1/s1. The monoisotopic (exact) mass is 364 g/mol. The van der Waals surface area contributed by atoms with Crippen LogP contribution >= 0.6 is 0 Å². The minimum absolute atomic E-state index is 0.0301. The van der Waals surface area contributed by atoms with Gasteiger partial charge in [0.05, 0.1) is 5.41 Å². The van der Waals surface area contributed by atoms with Gasteiger partial charge in [-0.1, -0.05) is 38.1 Å². The van der Waals surface area contributed by atoms with Crippen molar-refractivity contribution in [3.8, 4) is 11.5 Å². The summed E-state index contributed by atoms with van der Waals surface area (Å²) in [5.74, 6) is 1.08. The summed E-state index contributed by atoms with van der Waals surface area (Å²) in [6, 6.07) is 16.6. The number of nitrogens with two attached hydrogens (primary N) is 1. The number of hydrogen-bond acceptors (Lipinski definition) is 3. The van der Waals surface area contributed by atoms with Gasteiger partial charge in [-0.15, -0.1) is 0 Å². The molecule has 4 rings (SSSR count). The van der Waals surface area contributed by atoms with Crippen LogP contribution in [0.15, 0.2) is 54.6 Å². The molecule has 2 aromatic rings. The number of primary amides is 1. The largest absolute Gasteiger partial charge is 0.457 e. The van der Waals surface area contributed by atoms with Crippen LogP contribution in [-0.4, -0.2) is 29.8 Å². The Bertz CT molecular complexity index is 893. The molecule has 5 nitrogen and oxygen atoms in total. The van der Waals surface area contributed by atoms with Crippen molar-refractivity contribution in [1.82, 2.24) is 4.90 Å². The number of nitrogens with zero attached hydrogens (tertiary/aromatic N) is 1. The molecule has 5 heteroatoms. The van der Waals surface area contributed by atoms with Crippen LogP contribution in [-0.2, 0) is 4.79 Å². The molecule has 2 atom stereocenters. The normalized spacial score (nSPS) is 25.4. The molecule has 27 heavy (non-hydrogen) atoms. The molecule has 1 aliphatic carbocycles. The second-order valence-corrected chi connectivity index (χ2v) is 8.37. The minimum atomic E-state index is -0.572. The fourth-order valence-electron chi connectivity index (χ4n) is 4.88. The fraction of sp³-hybridized carbons (Fsp3) is 0.364. The second kappa shape index (κ2) is 6.12. The quantitative estimate of drug-likeness (QED) is 0.903. The SMILES string of the molecule is CC1(C)C[C@]2(C(N)=O)CN(C(=O)c3cccc(Oc4ccccc4)c3)C[C@H]12. The van der Waals surface area contributed by atoms with Gasteiger partial charge in [0.2, 0.25) is 5.91 Å². The lowest BCUT2D eigenvalue weighted by Gasteiger charge is -2.54. The number of likely N-dealkylation sites (tertiary alicyclic amines) is 1. The zero-order valence-corrected chi connectivity index (χ0v) is 15.6. The molecule has 1 saturated carbocycles. The zero-order chi connectivity index (χ0) is 19.2. The Morgan fingerprint density at radius 3 is 2.41 bits per heavy atom. The summed E-state index contributed by atoms with van der Waals surface area (Å²) in [5.41, 5.74) is 5.72. The van der Waals surface area contributed by atoms with Crippen molar-refractivity contribution >= 4 is 11.8 Å². The molecule has 0 bridgehead atoms. The molecule has 2 amide bonds. The van der Waals surface area contributed by atoms with E-state index in [4.69, 9.17) is 10.5 Å². The molecular weight excluding hydrogens is 340 g/mol. The van der Waals surface area contributed by atoms with Crippen LogP contribution in [0.25, 0.3) is 0 Å². The number of amides is 2. The molecule has 1 aliphatic heterocycles. The maximum atomic E-state index is 13.1. The van der Waals surface area contributed by atoms with Gasteiger partial charge >= 0.3 is 0 Å². The van der Waals surface area contributed by atoms with Gasteiger partial charge in [-0.05, 0) is 48.1 Å². The molecule has 0 aromatic heterocycles. The van der Waals surface area contributed by atoms with E-state index >= 15 is 0 Å². The van der Waals surface area contributed by atoms with Crippen LogP contribution in [0.1, 0.15) is 30.6 Å². The lowest BCUT2D eigenvalue weighted by molar-refractivity contribution is -0.148.